The van der Waals surface area contributed by atoms with Crippen LogP contribution in [0.5, 0.6) is 11.5 Å². The molecule has 1 aromatic carbocycles. The van der Waals surface area contributed by atoms with Crippen LogP contribution in [0, 0.1) is 5.92 Å². The Hall–Kier alpha value is -1.75. The number of carbonyl (C=O) groups excluding carboxylic acids is 1. The van der Waals surface area contributed by atoms with Gasteiger partial charge in [-0.3, -0.25) is 4.79 Å². The van der Waals surface area contributed by atoms with Gasteiger partial charge < -0.3 is 20.1 Å². The van der Waals surface area contributed by atoms with Gasteiger partial charge in [0, 0.05) is 6.42 Å². The van der Waals surface area contributed by atoms with Crippen molar-refractivity contribution < 1.29 is 14.3 Å². The average Bonchev–Trinajstić information content (AvgIpc) is 2.62. The standard InChI is InChI=1S/C20H32N2O3/c1-4-24-18-8-7-17(14-19(18)25-5-2)15(3)22-20(23)9-6-16-10-12-21-13-11-16/h7-8,14-16,21H,4-6,9-13H2,1-3H3,(H,22,23). The Labute approximate surface area is 151 Å². The number of hydrogen-bond donors (Lipinski definition) is 2. The van der Waals surface area contributed by atoms with Gasteiger partial charge in [0.15, 0.2) is 11.5 Å². The van der Waals surface area contributed by atoms with Crippen molar-refractivity contribution in [1.82, 2.24) is 10.6 Å². The van der Waals surface area contributed by atoms with E-state index < -0.39 is 0 Å². The summed E-state index contributed by atoms with van der Waals surface area (Å²) in [7, 11) is 0. The molecule has 1 amide bonds. The number of rotatable bonds is 9. The quantitative estimate of drug-likeness (QED) is 0.718. The predicted octanol–water partition coefficient (Wildman–Crippen LogP) is 3.44. The molecule has 140 valence electrons. The van der Waals surface area contributed by atoms with E-state index in [9.17, 15) is 4.79 Å². The lowest BCUT2D eigenvalue weighted by molar-refractivity contribution is -0.122. The van der Waals surface area contributed by atoms with Gasteiger partial charge in [-0.1, -0.05) is 6.07 Å². The summed E-state index contributed by atoms with van der Waals surface area (Å²) < 4.78 is 11.3. The van der Waals surface area contributed by atoms with E-state index in [1.807, 2.05) is 39.0 Å². The van der Waals surface area contributed by atoms with E-state index in [2.05, 4.69) is 10.6 Å². The Kier molecular flexibility index (Phi) is 8.06. The van der Waals surface area contributed by atoms with E-state index >= 15 is 0 Å². The zero-order valence-corrected chi connectivity index (χ0v) is 15.8. The third-order valence-corrected chi connectivity index (χ3v) is 4.68. The third kappa shape index (κ3) is 6.24. The van der Waals surface area contributed by atoms with Gasteiger partial charge >= 0.3 is 0 Å². The van der Waals surface area contributed by atoms with Crippen LogP contribution in [0.4, 0.5) is 0 Å². The van der Waals surface area contributed by atoms with Gasteiger partial charge in [-0.25, -0.2) is 0 Å². The summed E-state index contributed by atoms with van der Waals surface area (Å²) in [6.45, 7) is 9.25. The van der Waals surface area contributed by atoms with Gasteiger partial charge in [-0.15, -0.1) is 0 Å². The SMILES string of the molecule is CCOc1ccc(C(C)NC(=O)CCC2CCNCC2)cc1OCC. The fraction of sp³-hybridized carbons (Fsp3) is 0.650. The normalized spacial score (nSPS) is 16.3. The van der Waals surface area contributed by atoms with Gasteiger partial charge in [-0.05, 0) is 76.7 Å². The zero-order valence-electron chi connectivity index (χ0n) is 15.8. The van der Waals surface area contributed by atoms with Crippen LogP contribution in [0.3, 0.4) is 0 Å². The molecule has 0 bridgehead atoms. The van der Waals surface area contributed by atoms with Gasteiger partial charge in [0.25, 0.3) is 0 Å². The molecule has 1 fully saturated rings. The fourth-order valence-electron chi connectivity index (χ4n) is 3.24. The van der Waals surface area contributed by atoms with Crippen molar-refractivity contribution in [2.75, 3.05) is 26.3 Å². The first-order valence-corrected chi connectivity index (χ1v) is 9.53. The second-order valence-electron chi connectivity index (χ2n) is 6.59. The van der Waals surface area contributed by atoms with Crippen LogP contribution >= 0.6 is 0 Å². The van der Waals surface area contributed by atoms with E-state index in [1.54, 1.807) is 0 Å². The average molecular weight is 348 g/mol. The van der Waals surface area contributed by atoms with E-state index in [0.29, 0.717) is 25.6 Å². The Bertz CT molecular complexity index is 542. The molecule has 0 aromatic heterocycles. The molecule has 1 heterocycles. The van der Waals surface area contributed by atoms with Crippen LogP contribution in [0.2, 0.25) is 0 Å². The van der Waals surface area contributed by atoms with Gasteiger partial charge in [0.2, 0.25) is 5.91 Å². The second kappa shape index (κ2) is 10.3. The van der Waals surface area contributed by atoms with E-state index in [4.69, 9.17) is 9.47 Å². The highest BCUT2D eigenvalue weighted by Crippen LogP contribution is 2.30. The molecule has 2 rings (SSSR count). The molecule has 0 spiro atoms. The second-order valence-corrected chi connectivity index (χ2v) is 6.59. The first kappa shape index (κ1) is 19.6. The van der Waals surface area contributed by atoms with Crippen LogP contribution < -0.4 is 20.1 Å². The molecule has 1 atom stereocenters. The lowest BCUT2D eigenvalue weighted by atomic mass is 9.93. The molecule has 2 N–H and O–H groups in total. The molecule has 1 unspecified atom stereocenters. The van der Waals surface area contributed by atoms with E-state index in [-0.39, 0.29) is 11.9 Å². The highest BCUT2D eigenvalue weighted by Gasteiger charge is 2.17. The predicted molar refractivity (Wildman–Crippen MR) is 100 cm³/mol. The molecule has 1 aromatic rings. The van der Waals surface area contributed by atoms with Crippen molar-refractivity contribution in [3.05, 3.63) is 23.8 Å². The molecule has 1 aliphatic heterocycles. The summed E-state index contributed by atoms with van der Waals surface area (Å²) in [4.78, 5) is 12.3. The summed E-state index contributed by atoms with van der Waals surface area (Å²) in [5.74, 6) is 2.28. The lowest BCUT2D eigenvalue weighted by Gasteiger charge is -2.22. The van der Waals surface area contributed by atoms with Crippen LogP contribution in [0.25, 0.3) is 0 Å². The Morgan fingerprint density at radius 3 is 2.56 bits per heavy atom. The molecule has 0 aliphatic carbocycles. The minimum Gasteiger partial charge on any atom is -0.490 e. The lowest BCUT2D eigenvalue weighted by Crippen LogP contribution is -2.30. The smallest absolute Gasteiger partial charge is 0.220 e. The first-order valence-electron chi connectivity index (χ1n) is 9.53. The highest BCUT2D eigenvalue weighted by atomic mass is 16.5. The Morgan fingerprint density at radius 2 is 1.88 bits per heavy atom. The van der Waals surface area contributed by atoms with Crippen LogP contribution in [0.15, 0.2) is 18.2 Å². The number of ether oxygens (including phenoxy) is 2. The molecule has 25 heavy (non-hydrogen) atoms. The zero-order chi connectivity index (χ0) is 18.1. The maximum atomic E-state index is 12.3. The van der Waals surface area contributed by atoms with E-state index in [1.165, 1.54) is 12.8 Å². The first-order chi connectivity index (χ1) is 12.1. The fourth-order valence-corrected chi connectivity index (χ4v) is 3.24. The van der Waals surface area contributed by atoms with Crippen LogP contribution in [-0.2, 0) is 4.79 Å². The van der Waals surface area contributed by atoms with Crippen molar-refractivity contribution in [1.29, 1.82) is 0 Å². The van der Waals surface area contributed by atoms with E-state index in [0.717, 1.165) is 36.6 Å². The highest BCUT2D eigenvalue weighted by molar-refractivity contribution is 5.76. The molecular weight excluding hydrogens is 316 g/mol. The Morgan fingerprint density at radius 1 is 1.20 bits per heavy atom. The topological polar surface area (TPSA) is 59.6 Å². The minimum absolute atomic E-state index is 0.0459. The molecule has 1 aliphatic rings. The maximum Gasteiger partial charge on any atom is 0.220 e. The molecule has 5 nitrogen and oxygen atoms in total. The minimum atomic E-state index is -0.0459. The Balaban J connectivity index is 1.89. The van der Waals surface area contributed by atoms with Gasteiger partial charge in [0.1, 0.15) is 0 Å². The monoisotopic (exact) mass is 348 g/mol. The van der Waals surface area contributed by atoms with Gasteiger partial charge in [-0.2, -0.15) is 0 Å². The van der Waals surface area contributed by atoms with Crippen molar-refractivity contribution in [2.24, 2.45) is 5.92 Å². The number of nitrogens with one attached hydrogen (secondary N) is 2. The van der Waals surface area contributed by atoms with Crippen molar-refractivity contribution in [3.63, 3.8) is 0 Å². The maximum absolute atomic E-state index is 12.3. The molecule has 0 saturated carbocycles. The van der Waals surface area contributed by atoms with Crippen molar-refractivity contribution >= 4 is 5.91 Å². The summed E-state index contributed by atoms with van der Waals surface area (Å²) in [5, 5.41) is 6.47. The summed E-state index contributed by atoms with van der Waals surface area (Å²) in [6, 6.07) is 5.83. The largest absolute Gasteiger partial charge is 0.490 e. The summed E-state index contributed by atoms with van der Waals surface area (Å²) in [6.07, 6.45) is 3.94. The van der Waals surface area contributed by atoms with Gasteiger partial charge in [0.05, 0.1) is 19.3 Å². The third-order valence-electron chi connectivity index (χ3n) is 4.68. The number of amides is 1. The molecule has 1 saturated heterocycles. The summed E-state index contributed by atoms with van der Waals surface area (Å²) in [5.41, 5.74) is 1.03. The number of carbonyl (C=O) groups is 1. The van der Waals surface area contributed by atoms with Crippen LogP contribution in [0.1, 0.15) is 58.1 Å². The van der Waals surface area contributed by atoms with Crippen molar-refractivity contribution in [2.45, 2.75) is 52.5 Å². The molecular formula is C20H32N2O3. The number of piperidine rings is 1. The number of benzene rings is 1. The summed E-state index contributed by atoms with van der Waals surface area (Å²) >= 11 is 0. The molecule has 5 heteroatoms. The van der Waals surface area contributed by atoms with Crippen LogP contribution in [-0.4, -0.2) is 32.2 Å². The number of hydrogen-bond acceptors (Lipinski definition) is 4. The molecule has 0 radical (unpaired) electrons. The van der Waals surface area contributed by atoms with Crippen molar-refractivity contribution in [3.8, 4) is 11.5 Å².